The third-order valence-corrected chi connectivity index (χ3v) is 3.82. The minimum atomic E-state index is -3.56. The van der Waals surface area contributed by atoms with E-state index in [0.717, 1.165) is 0 Å². The summed E-state index contributed by atoms with van der Waals surface area (Å²) in [5.41, 5.74) is 1.04. The molecular formula is C10H11NO4S. The van der Waals surface area contributed by atoms with Gasteiger partial charge in [0, 0.05) is 11.6 Å². The molecule has 1 aliphatic heterocycles. The van der Waals surface area contributed by atoms with E-state index in [1.165, 1.54) is 20.3 Å². The van der Waals surface area contributed by atoms with Crippen LogP contribution in [0, 0.1) is 0 Å². The van der Waals surface area contributed by atoms with E-state index in [2.05, 4.69) is 4.40 Å². The standard InChI is InChI=1S/C10H11NO4S/c1-6-7-4-8(14-2)9(15-3)5-10(7)16(12,13)11-6/h4-5H,1-3H3. The zero-order valence-electron chi connectivity index (χ0n) is 9.14. The minimum absolute atomic E-state index is 0.169. The Morgan fingerprint density at radius 3 is 2.25 bits per heavy atom. The first-order valence-electron chi connectivity index (χ1n) is 4.57. The fraction of sp³-hybridized carbons (Fsp3) is 0.300. The van der Waals surface area contributed by atoms with Gasteiger partial charge in [-0.3, -0.25) is 0 Å². The van der Waals surface area contributed by atoms with Crippen molar-refractivity contribution < 1.29 is 17.9 Å². The fourth-order valence-electron chi connectivity index (χ4n) is 1.64. The summed E-state index contributed by atoms with van der Waals surface area (Å²) in [7, 11) is -0.602. The van der Waals surface area contributed by atoms with Crippen molar-refractivity contribution in [2.24, 2.45) is 4.40 Å². The average Bonchev–Trinajstić information content (AvgIpc) is 2.47. The van der Waals surface area contributed by atoms with Crippen molar-refractivity contribution in [2.45, 2.75) is 11.8 Å². The highest BCUT2D eigenvalue weighted by Gasteiger charge is 2.28. The van der Waals surface area contributed by atoms with Crippen molar-refractivity contribution in [1.29, 1.82) is 0 Å². The smallest absolute Gasteiger partial charge is 0.283 e. The second-order valence-corrected chi connectivity index (χ2v) is 4.93. The van der Waals surface area contributed by atoms with Crippen LogP contribution in [0.2, 0.25) is 0 Å². The largest absolute Gasteiger partial charge is 0.493 e. The summed E-state index contributed by atoms with van der Waals surface area (Å²) in [6.07, 6.45) is 0. The molecule has 0 amide bonds. The number of fused-ring (bicyclic) bond motifs is 1. The molecule has 0 aromatic heterocycles. The average molecular weight is 241 g/mol. The molecule has 0 unspecified atom stereocenters. The maximum atomic E-state index is 11.6. The van der Waals surface area contributed by atoms with Crippen molar-refractivity contribution >= 4 is 15.7 Å². The molecule has 0 atom stereocenters. The van der Waals surface area contributed by atoms with Gasteiger partial charge >= 0.3 is 0 Å². The van der Waals surface area contributed by atoms with Crippen LogP contribution < -0.4 is 9.47 Å². The lowest BCUT2D eigenvalue weighted by Crippen LogP contribution is -1.98. The number of rotatable bonds is 2. The third kappa shape index (κ3) is 1.46. The Kier molecular flexibility index (Phi) is 2.38. The molecule has 16 heavy (non-hydrogen) atoms. The van der Waals surface area contributed by atoms with Crippen LogP contribution in [0.25, 0.3) is 0 Å². The lowest BCUT2D eigenvalue weighted by Gasteiger charge is -2.09. The van der Waals surface area contributed by atoms with Gasteiger partial charge in [-0.05, 0) is 13.0 Å². The molecule has 0 radical (unpaired) electrons. The van der Waals surface area contributed by atoms with Crippen LogP contribution >= 0.6 is 0 Å². The predicted octanol–water partition coefficient (Wildman–Crippen LogP) is 1.22. The van der Waals surface area contributed by atoms with Gasteiger partial charge in [-0.2, -0.15) is 12.8 Å². The number of benzene rings is 1. The first kappa shape index (κ1) is 10.9. The molecule has 5 nitrogen and oxygen atoms in total. The highest BCUT2D eigenvalue weighted by molar-refractivity contribution is 7.90. The summed E-state index contributed by atoms with van der Waals surface area (Å²) in [5, 5.41) is 0. The highest BCUT2D eigenvalue weighted by Crippen LogP contribution is 2.36. The van der Waals surface area contributed by atoms with Gasteiger partial charge in [0.05, 0.1) is 19.9 Å². The Bertz CT molecular complexity index is 575. The van der Waals surface area contributed by atoms with Crippen LogP contribution in [-0.4, -0.2) is 28.3 Å². The summed E-state index contributed by atoms with van der Waals surface area (Å²) >= 11 is 0. The molecule has 1 aliphatic rings. The van der Waals surface area contributed by atoms with Crippen molar-refractivity contribution in [2.75, 3.05) is 14.2 Å². The van der Waals surface area contributed by atoms with Crippen molar-refractivity contribution in [3.8, 4) is 11.5 Å². The molecule has 86 valence electrons. The predicted molar refractivity (Wildman–Crippen MR) is 58.9 cm³/mol. The number of hydrogen-bond acceptors (Lipinski definition) is 4. The normalized spacial score (nSPS) is 16.6. The Hall–Kier alpha value is -1.56. The van der Waals surface area contributed by atoms with E-state index >= 15 is 0 Å². The molecular weight excluding hydrogens is 230 g/mol. The lowest BCUT2D eigenvalue weighted by atomic mass is 10.1. The minimum Gasteiger partial charge on any atom is -0.493 e. The van der Waals surface area contributed by atoms with Crippen LogP contribution in [-0.2, 0) is 10.0 Å². The molecule has 0 aliphatic carbocycles. The first-order valence-corrected chi connectivity index (χ1v) is 6.01. The molecule has 1 aromatic carbocycles. The van der Waals surface area contributed by atoms with Crippen molar-refractivity contribution in [3.05, 3.63) is 17.7 Å². The van der Waals surface area contributed by atoms with Gasteiger partial charge in [0.2, 0.25) is 0 Å². The number of methoxy groups -OCH3 is 2. The molecule has 2 rings (SSSR count). The van der Waals surface area contributed by atoms with E-state index < -0.39 is 10.0 Å². The van der Waals surface area contributed by atoms with Crippen LogP contribution in [0.15, 0.2) is 21.4 Å². The quantitative estimate of drug-likeness (QED) is 0.780. The van der Waals surface area contributed by atoms with Gasteiger partial charge in [0.1, 0.15) is 4.90 Å². The molecule has 0 spiro atoms. The summed E-state index contributed by atoms with van der Waals surface area (Å²) in [6, 6.07) is 3.06. The maximum Gasteiger partial charge on any atom is 0.283 e. The Balaban J connectivity index is 2.74. The van der Waals surface area contributed by atoms with Gasteiger partial charge in [0.15, 0.2) is 11.5 Å². The lowest BCUT2D eigenvalue weighted by molar-refractivity contribution is 0.354. The van der Waals surface area contributed by atoms with E-state index in [9.17, 15) is 8.42 Å². The topological polar surface area (TPSA) is 65.0 Å². The second kappa shape index (κ2) is 3.48. The van der Waals surface area contributed by atoms with E-state index in [4.69, 9.17) is 9.47 Å². The molecule has 0 fully saturated rings. The maximum absolute atomic E-state index is 11.6. The molecule has 0 saturated carbocycles. The van der Waals surface area contributed by atoms with Crippen molar-refractivity contribution in [3.63, 3.8) is 0 Å². The summed E-state index contributed by atoms with van der Waals surface area (Å²) < 4.78 is 37.1. The third-order valence-electron chi connectivity index (χ3n) is 2.41. The van der Waals surface area contributed by atoms with Gasteiger partial charge in [0.25, 0.3) is 10.0 Å². The summed E-state index contributed by atoms with van der Waals surface area (Å²) in [6.45, 7) is 1.65. The Morgan fingerprint density at radius 1 is 1.12 bits per heavy atom. The summed E-state index contributed by atoms with van der Waals surface area (Å²) in [4.78, 5) is 0.169. The Morgan fingerprint density at radius 2 is 1.69 bits per heavy atom. The molecule has 0 saturated heterocycles. The molecule has 0 N–H and O–H groups in total. The number of ether oxygens (including phenoxy) is 2. The van der Waals surface area contributed by atoms with E-state index in [1.54, 1.807) is 13.0 Å². The summed E-state index contributed by atoms with van der Waals surface area (Å²) in [5.74, 6) is 0.877. The van der Waals surface area contributed by atoms with Crippen LogP contribution in [0.5, 0.6) is 11.5 Å². The number of hydrogen-bond donors (Lipinski definition) is 0. The molecule has 6 heteroatoms. The van der Waals surface area contributed by atoms with Crippen LogP contribution in [0.3, 0.4) is 0 Å². The van der Waals surface area contributed by atoms with E-state index in [1.807, 2.05) is 0 Å². The number of sulfonamides is 1. The Labute approximate surface area is 93.8 Å². The SMILES string of the molecule is COc1cc2c(cc1OC)S(=O)(=O)N=C2C. The van der Waals surface area contributed by atoms with Gasteiger partial charge in [-0.1, -0.05) is 0 Å². The van der Waals surface area contributed by atoms with Gasteiger partial charge in [-0.25, -0.2) is 0 Å². The van der Waals surface area contributed by atoms with Gasteiger partial charge in [-0.15, -0.1) is 0 Å². The van der Waals surface area contributed by atoms with E-state index in [-0.39, 0.29) is 4.90 Å². The number of nitrogens with zero attached hydrogens (tertiary/aromatic N) is 1. The highest BCUT2D eigenvalue weighted by atomic mass is 32.2. The zero-order chi connectivity index (χ0) is 11.9. The first-order chi connectivity index (χ1) is 7.49. The van der Waals surface area contributed by atoms with Crippen molar-refractivity contribution in [1.82, 2.24) is 0 Å². The molecule has 1 aromatic rings. The van der Waals surface area contributed by atoms with Crippen LogP contribution in [0.4, 0.5) is 0 Å². The molecule has 1 heterocycles. The zero-order valence-corrected chi connectivity index (χ0v) is 9.96. The monoisotopic (exact) mass is 241 g/mol. The fourth-order valence-corrected chi connectivity index (χ4v) is 2.93. The molecule has 0 bridgehead atoms. The second-order valence-electron chi connectivity index (χ2n) is 3.36. The van der Waals surface area contributed by atoms with Crippen LogP contribution in [0.1, 0.15) is 12.5 Å². The van der Waals surface area contributed by atoms with Gasteiger partial charge < -0.3 is 9.47 Å². The van der Waals surface area contributed by atoms with E-state index in [0.29, 0.717) is 22.8 Å².